The zero-order valence-corrected chi connectivity index (χ0v) is 21.9. The maximum atomic E-state index is 5.48. The Morgan fingerprint density at radius 1 is 1.06 bits per heavy atom. The zero-order valence-electron chi connectivity index (χ0n) is 19.6. The summed E-state index contributed by atoms with van der Waals surface area (Å²) in [5, 5.41) is 6.98. The lowest BCUT2D eigenvalue weighted by molar-refractivity contribution is 0.394. The van der Waals surface area contributed by atoms with Crippen LogP contribution in [-0.2, 0) is 6.42 Å². The van der Waals surface area contributed by atoms with Crippen LogP contribution in [0.15, 0.2) is 41.4 Å². The molecule has 0 amide bonds. The predicted octanol–water partition coefficient (Wildman–Crippen LogP) is 3.63. The monoisotopic (exact) mass is 554 g/mol. The first kappa shape index (κ1) is 25.9. The van der Waals surface area contributed by atoms with E-state index in [2.05, 4.69) is 39.6 Å². The standard InChI is InChI=1S/C24H34N4O3.HI/c1-17-6-7-23(31-5)18(12-17)8-10-26-24(25-2)27-19-9-11-28(16-19)20-13-21(29-3)15-22(14-20)30-4;/h6-7,12-15,19H,8-11,16H2,1-5H3,(H2,25,26,27);1H. The number of halogens is 1. The molecule has 1 saturated heterocycles. The molecule has 0 aliphatic carbocycles. The van der Waals surface area contributed by atoms with Gasteiger partial charge in [-0.25, -0.2) is 0 Å². The molecule has 0 spiro atoms. The summed E-state index contributed by atoms with van der Waals surface area (Å²) in [6.45, 7) is 4.73. The summed E-state index contributed by atoms with van der Waals surface area (Å²) in [5.74, 6) is 3.35. The Kier molecular flexibility index (Phi) is 10.2. The highest BCUT2D eigenvalue weighted by Gasteiger charge is 2.24. The van der Waals surface area contributed by atoms with Gasteiger partial charge in [-0.1, -0.05) is 17.7 Å². The summed E-state index contributed by atoms with van der Waals surface area (Å²) < 4.78 is 16.3. The maximum absolute atomic E-state index is 5.48. The molecule has 0 bridgehead atoms. The molecule has 176 valence electrons. The van der Waals surface area contributed by atoms with Crippen LogP contribution in [0.4, 0.5) is 5.69 Å². The first-order valence-corrected chi connectivity index (χ1v) is 10.6. The SMILES string of the molecule is CN=C(NCCc1cc(C)ccc1OC)NC1CCN(c2cc(OC)cc(OC)c2)C1.I. The van der Waals surface area contributed by atoms with Crippen molar-refractivity contribution < 1.29 is 14.2 Å². The van der Waals surface area contributed by atoms with Crippen LogP contribution < -0.4 is 29.7 Å². The number of nitrogens with one attached hydrogen (secondary N) is 2. The van der Waals surface area contributed by atoms with E-state index in [0.717, 1.165) is 61.4 Å². The van der Waals surface area contributed by atoms with Crippen molar-refractivity contribution in [1.29, 1.82) is 0 Å². The second-order valence-corrected chi connectivity index (χ2v) is 7.71. The van der Waals surface area contributed by atoms with Gasteiger partial charge in [0.25, 0.3) is 0 Å². The van der Waals surface area contributed by atoms with Crippen LogP contribution in [0.3, 0.4) is 0 Å². The molecule has 32 heavy (non-hydrogen) atoms. The van der Waals surface area contributed by atoms with Crippen molar-refractivity contribution in [2.45, 2.75) is 25.8 Å². The van der Waals surface area contributed by atoms with Gasteiger partial charge < -0.3 is 29.7 Å². The third-order valence-electron chi connectivity index (χ3n) is 5.58. The quantitative estimate of drug-likeness (QED) is 0.295. The van der Waals surface area contributed by atoms with Crippen LogP contribution in [0.5, 0.6) is 17.2 Å². The van der Waals surface area contributed by atoms with Gasteiger partial charge in [0.1, 0.15) is 17.2 Å². The summed E-state index contributed by atoms with van der Waals surface area (Å²) in [5.41, 5.74) is 3.54. The van der Waals surface area contributed by atoms with Gasteiger partial charge in [0, 0.05) is 56.6 Å². The van der Waals surface area contributed by atoms with E-state index in [1.807, 2.05) is 31.3 Å². The Morgan fingerprint density at radius 3 is 2.41 bits per heavy atom. The minimum absolute atomic E-state index is 0. The number of anilines is 1. The van der Waals surface area contributed by atoms with Crippen LogP contribution >= 0.6 is 24.0 Å². The fourth-order valence-electron chi connectivity index (χ4n) is 3.89. The fourth-order valence-corrected chi connectivity index (χ4v) is 3.89. The van der Waals surface area contributed by atoms with Crippen molar-refractivity contribution in [3.05, 3.63) is 47.5 Å². The predicted molar refractivity (Wildman–Crippen MR) is 142 cm³/mol. The molecular formula is C24H35IN4O3. The highest BCUT2D eigenvalue weighted by Crippen LogP contribution is 2.30. The molecule has 1 heterocycles. The Labute approximate surface area is 208 Å². The van der Waals surface area contributed by atoms with E-state index >= 15 is 0 Å². The molecule has 2 N–H and O–H groups in total. The number of benzene rings is 2. The molecule has 1 atom stereocenters. The molecule has 0 radical (unpaired) electrons. The van der Waals surface area contributed by atoms with Crippen molar-refractivity contribution in [3.8, 4) is 17.2 Å². The van der Waals surface area contributed by atoms with Gasteiger partial charge in [0.05, 0.1) is 21.3 Å². The molecule has 0 aromatic heterocycles. The molecule has 8 heteroatoms. The topological polar surface area (TPSA) is 67.4 Å². The first-order valence-electron chi connectivity index (χ1n) is 10.6. The Hall–Kier alpha value is -2.36. The second-order valence-electron chi connectivity index (χ2n) is 7.71. The number of hydrogen-bond acceptors (Lipinski definition) is 5. The van der Waals surface area contributed by atoms with Gasteiger partial charge >= 0.3 is 0 Å². The molecule has 7 nitrogen and oxygen atoms in total. The van der Waals surface area contributed by atoms with Crippen LogP contribution in [0.25, 0.3) is 0 Å². The van der Waals surface area contributed by atoms with Crippen molar-refractivity contribution in [2.75, 3.05) is 52.9 Å². The highest BCUT2D eigenvalue weighted by atomic mass is 127. The highest BCUT2D eigenvalue weighted by molar-refractivity contribution is 14.0. The molecule has 1 unspecified atom stereocenters. The van der Waals surface area contributed by atoms with E-state index in [9.17, 15) is 0 Å². The van der Waals surface area contributed by atoms with Gasteiger partial charge in [-0.05, 0) is 31.4 Å². The first-order chi connectivity index (χ1) is 15.1. The molecule has 1 aliphatic rings. The lowest BCUT2D eigenvalue weighted by Gasteiger charge is -2.21. The summed E-state index contributed by atoms with van der Waals surface area (Å²) in [6.07, 6.45) is 1.90. The van der Waals surface area contributed by atoms with E-state index in [1.165, 1.54) is 11.1 Å². The lowest BCUT2D eigenvalue weighted by atomic mass is 10.1. The molecule has 1 fully saturated rings. The van der Waals surface area contributed by atoms with E-state index in [0.29, 0.717) is 6.04 Å². The number of rotatable bonds is 8. The van der Waals surface area contributed by atoms with E-state index < -0.39 is 0 Å². The number of nitrogens with zero attached hydrogens (tertiary/aromatic N) is 2. The Bertz CT molecular complexity index is 885. The van der Waals surface area contributed by atoms with Gasteiger partial charge in [0.15, 0.2) is 5.96 Å². The van der Waals surface area contributed by atoms with Crippen LogP contribution in [-0.4, -0.2) is 60.0 Å². The summed E-state index contributed by atoms with van der Waals surface area (Å²) >= 11 is 0. The molecule has 2 aromatic rings. The van der Waals surface area contributed by atoms with Gasteiger partial charge in [-0.2, -0.15) is 0 Å². The molecular weight excluding hydrogens is 519 g/mol. The van der Waals surface area contributed by atoms with E-state index in [1.54, 1.807) is 21.3 Å². The molecule has 2 aromatic carbocycles. The van der Waals surface area contributed by atoms with Gasteiger partial charge in [-0.15, -0.1) is 24.0 Å². The Balaban J connectivity index is 0.00000363. The summed E-state index contributed by atoms with van der Waals surface area (Å²) in [4.78, 5) is 6.74. The zero-order chi connectivity index (χ0) is 22.2. The summed E-state index contributed by atoms with van der Waals surface area (Å²) in [6, 6.07) is 12.6. The number of aliphatic imine (C=N–C) groups is 1. The second kappa shape index (κ2) is 12.6. The minimum Gasteiger partial charge on any atom is -0.497 e. The maximum Gasteiger partial charge on any atom is 0.191 e. The van der Waals surface area contributed by atoms with Crippen molar-refractivity contribution in [2.24, 2.45) is 4.99 Å². The molecule has 3 rings (SSSR count). The van der Waals surface area contributed by atoms with Gasteiger partial charge in [-0.3, -0.25) is 4.99 Å². The molecule has 1 aliphatic heterocycles. The normalized spacial score (nSPS) is 15.7. The third kappa shape index (κ3) is 6.82. The average molecular weight is 554 g/mol. The van der Waals surface area contributed by atoms with Crippen molar-refractivity contribution >= 4 is 35.6 Å². The number of guanidine groups is 1. The fraction of sp³-hybridized carbons (Fsp3) is 0.458. The summed E-state index contributed by atoms with van der Waals surface area (Å²) in [7, 11) is 6.87. The number of hydrogen-bond donors (Lipinski definition) is 2. The Morgan fingerprint density at radius 2 is 1.78 bits per heavy atom. The largest absolute Gasteiger partial charge is 0.497 e. The van der Waals surface area contributed by atoms with E-state index in [4.69, 9.17) is 14.2 Å². The lowest BCUT2D eigenvalue weighted by Crippen LogP contribution is -2.45. The smallest absolute Gasteiger partial charge is 0.191 e. The average Bonchev–Trinajstić information content (AvgIpc) is 3.26. The van der Waals surface area contributed by atoms with Gasteiger partial charge in [0.2, 0.25) is 0 Å². The molecule has 0 saturated carbocycles. The van der Waals surface area contributed by atoms with Crippen LogP contribution in [0.1, 0.15) is 17.5 Å². The number of aryl methyl sites for hydroxylation is 1. The van der Waals surface area contributed by atoms with E-state index in [-0.39, 0.29) is 24.0 Å². The third-order valence-corrected chi connectivity index (χ3v) is 5.58. The van der Waals surface area contributed by atoms with Crippen molar-refractivity contribution in [1.82, 2.24) is 10.6 Å². The van der Waals surface area contributed by atoms with Crippen LogP contribution in [0, 0.1) is 6.92 Å². The minimum atomic E-state index is 0. The van der Waals surface area contributed by atoms with Crippen molar-refractivity contribution in [3.63, 3.8) is 0 Å². The van der Waals surface area contributed by atoms with Crippen LogP contribution in [0.2, 0.25) is 0 Å². The number of ether oxygens (including phenoxy) is 3. The number of methoxy groups -OCH3 is 3.